The highest BCUT2D eigenvalue weighted by Gasteiger charge is 2.22. The molecule has 1 aliphatic rings. The highest BCUT2D eigenvalue weighted by Crippen LogP contribution is 2.50. The smallest absolute Gasteiger partial charge is 0.188 e. The molecule has 0 saturated heterocycles. The zero-order valence-electron chi connectivity index (χ0n) is 8.34. The summed E-state index contributed by atoms with van der Waals surface area (Å²) in [6.45, 7) is 0. The Morgan fingerprint density at radius 2 is 1.47 bits per heavy atom. The zero-order chi connectivity index (χ0) is 12.0. The molecule has 1 heterocycles. The van der Waals surface area contributed by atoms with Gasteiger partial charge in [-0.2, -0.15) is 0 Å². The zero-order valence-corrected chi connectivity index (χ0v) is 10.6. The van der Waals surface area contributed by atoms with Crippen LogP contribution in [-0.4, -0.2) is 0 Å². The van der Waals surface area contributed by atoms with Gasteiger partial charge in [-0.1, -0.05) is 34.8 Å². The third-order valence-electron chi connectivity index (χ3n) is 2.31. The standard InChI is InChI=1S/C12H5Cl3O2/c13-6-1-2-9-10(4-6)17-12-8(15)3-7(14)5-11(12)16-9/h1-5H. The quantitative estimate of drug-likeness (QED) is 0.540. The second-order valence-corrected chi connectivity index (χ2v) is 4.79. The highest BCUT2D eigenvalue weighted by molar-refractivity contribution is 6.36. The van der Waals surface area contributed by atoms with Crippen molar-refractivity contribution in [2.24, 2.45) is 0 Å². The van der Waals surface area contributed by atoms with Crippen LogP contribution in [0.3, 0.4) is 0 Å². The van der Waals surface area contributed by atoms with Gasteiger partial charge in [0.2, 0.25) is 0 Å². The lowest BCUT2D eigenvalue weighted by atomic mass is 10.2. The molecule has 0 amide bonds. The predicted molar refractivity (Wildman–Crippen MR) is 68.1 cm³/mol. The van der Waals surface area contributed by atoms with Gasteiger partial charge in [0.25, 0.3) is 0 Å². The summed E-state index contributed by atoms with van der Waals surface area (Å²) in [5.74, 6) is 2.07. The Hall–Kier alpha value is -1.09. The molecule has 0 saturated carbocycles. The van der Waals surface area contributed by atoms with E-state index in [-0.39, 0.29) is 0 Å². The molecule has 0 atom stereocenters. The van der Waals surface area contributed by atoms with Gasteiger partial charge in [-0.25, -0.2) is 0 Å². The number of benzene rings is 2. The van der Waals surface area contributed by atoms with Crippen molar-refractivity contribution in [1.82, 2.24) is 0 Å². The Morgan fingerprint density at radius 1 is 0.706 bits per heavy atom. The molecule has 2 aromatic carbocycles. The van der Waals surface area contributed by atoms with Gasteiger partial charge in [-0.15, -0.1) is 0 Å². The first-order valence-corrected chi connectivity index (χ1v) is 5.91. The summed E-state index contributed by atoms with van der Waals surface area (Å²) in [5.41, 5.74) is 0. The van der Waals surface area contributed by atoms with E-state index in [1.54, 1.807) is 30.3 Å². The van der Waals surface area contributed by atoms with Crippen LogP contribution in [0, 0.1) is 0 Å². The van der Waals surface area contributed by atoms with Gasteiger partial charge in [0.1, 0.15) is 0 Å². The molecule has 0 radical (unpaired) electrons. The SMILES string of the molecule is Clc1ccc2c(c1)Oc1c(Cl)cc(Cl)cc1O2. The maximum atomic E-state index is 6.03. The van der Waals surface area contributed by atoms with Gasteiger partial charge in [0.15, 0.2) is 23.0 Å². The van der Waals surface area contributed by atoms with E-state index < -0.39 is 0 Å². The maximum absolute atomic E-state index is 6.03. The fraction of sp³-hybridized carbons (Fsp3) is 0. The van der Waals surface area contributed by atoms with E-state index in [9.17, 15) is 0 Å². The summed E-state index contributed by atoms with van der Waals surface area (Å²) in [4.78, 5) is 0. The van der Waals surface area contributed by atoms with Crippen molar-refractivity contribution in [1.29, 1.82) is 0 Å². The van der Waals surface area contributed by atoms with Crippen molar-refractivity contribution in [3.05, 3.63) is 45.4 Å². The summed E-state index contributed by atoms with van der Waals surface area (Å²) in [6.07, 6.45) is 0. The van der Waals surface area contributed by atoms with Crippen molar-refractivity contribution in [3.63, 3.8) is 0 Å². The van der Waals surface area contributed by atoms with Crippen molar-refractivity contribution >= 4 is 34.8 Å². The van der Waals surface area contributed by atoms with Crippen LogP contribution in [0.2, 0.25) is 15.1 Å². The molecule has 0 aromatic heterocycles. The van der Waals surface area contributed by atoms with Gasteiger partial charge in [-0.05, 0) is 18.2 Å². The molecule has 0 bridgehead atoms. The van der Waals surface area contributed by atoms with Gasteiger partial charge in [-0.3, -0.25) is 0 Å². The second-order valence-electron chi connectivity index (χ2n) is 3.51. The van der Waals surface area contributed by atoms with Crippen molar-refractivity contribution in [3.8, 4) is 23.0 Å². The van der Waals surface area contributed by atoms with E-state index in [1.165, 1.54) is 0 Å². The van der Waals surface area contributed by atoms with Crippen LogP contribution in [0.15, 0.2) is 30.3 Å². The van der Waals surface area contributed by atoms with E-state index in [0.717, 1.165) is 0 Å². The van der Waals surface area contributed by atoms with Crippen LogP contribution in [0.5, 0.6) is 23.0 Å². The Morgan fingerprint density at radius 3 is 2.29 bits per heavy atom. The number of rotatable bonds is 0. The van der Waals surface area contributed by atoms with Gasteiger partial charge >= 0.3 is 0 Å². The molecule has 0 N–H and O–H groups in total. The fourth-order valence-corrected chi connectivity index (χ4v) is 2.26. The minimum absolute atomic E-state index is 0.401. The molecule has 3 rings (SSSR count). The molecule has 0 fully saturated rings. The number of hydrogen-bond acceptors (Lipinski definition) is 2. The molecular weight excluding hydrogens is 282 g/mol. The van der Waals surface area contributed by atoms with E-state index in [1.807, 2.05) is 0 Å². The number of hydrogen-bond donors (Lipinski definition) is 0. The first kappa shape index (κ1) is 11.0. The van der Waals surface area contributed by atoms with Crippen LogP contribution < -0.4 is 9.47 Å². The third-order valence-corrected chi connectivity index (χ3v) is 3.05. The van der Waals surface area contributed by atoms with E-state index in [4.69, 9.17) is 44.3 Å². The van der Waals surface area contributed by atoms with E-state index in [2.05, 4.69) is 0 Å². The normalized spacial score (nSPS) is 12.2. The van der Waals surface area contributed by atoms with Gasteiger partial charge in [0, 0.05) is 22.2 Å². The summed E-state index contributed by atoms with van der Waals surface area (Å²) < 4.78 is 11.3. The molecule has 1 aliphatic heterocycles. The molecular formula is C12H5Cl3O2. The van der Waals surface area contributed by atoms with Crippen molar-refractivity contribution in [2.45, 2.75) is 0 Å². The minimum atomic E-state index is 0.401. The Balaban J connectivity index is 2.14. The molecule has 5 heteroatoms. The molecule has 0 spiro atoms. The molecule has 17 heavy (non-hydrogen) atoms. The second kappa shape index (κ2) is 3.98. The van der Waals surface area contributed by atoms with E-state index >= 15 is 0 Å². The first-order chi connectivity index (χ1) is 8.13. The lowest BCUT2D eigenvalue weighted by Crippen LogP contribution is -1.99. The van der Waals surface area contributed by atoms with E-state index in [0.29, 0.717) is 38.1 Å². The summed E-state index contributed by atoms with van der Waals surface area (Å²) >= 11 is 17.8. The molecule has 86 valence electrons. The first-order valence-electron chi connectivity index (χ1n) is 4.78. The monoisotopic (exact) mass is 286 g/mol. The van der Waals surface area contributed by atoms with Crippen molar-refractivity contribution < 1.29 is 9.47 Å². The number of halogens is 3. The fourth-order valence-electron chi connectivity index (χ4n) is 1.59. The van der Waals surface area contributed by atoms with Crippen LogP contribution in [0.25, 0.3) is 0 Å². The topological polar surface area (TPSA) is 18.5 Å². The summed E-state index contributed by atoms with van der Waals surface area (Å²) in [5, 5.41) is 1.47. The lowest BCUT2D eigenvalue weighted by molar-refractivity contribution is 0.360. The highest BCUT2D eigenvalue weighted by atomic mass is 35.5. The van der Waals surface area contributed by atoms with Crippen LogP contribution in [0.4, 0.5) is 0 Å². The molecule has 2 nitrogen and oxygen atoms in total. The Bertz CT molecular complexity index is 611. The number of ether oxygens (including phenoxy) is 2. The molecule has 0 unspecified atom stereocenters. The van der Waals surface area contributed by atoms with Gasteiger partial charge in [0.05, 0.1) is 5.02 Å². The third kappa shape index (κ3) is 1.93. The Labute approximate surface area is 113 Å². The van der Waals surface area contributed by atoms with Crippen molar-refractivity contribution in [2.75, 3.05) is 0 Å². The average molecular weight is 288 g/mol. The van der Waals surface area contributed by atoms with Crippen LogP contribution >= 0.6 is 34.8 Å². The van der Waals surface area contributed by atoms with Crippen LogP contribution in [0.1, 0.15) is 0 Å². The summed E-state index contributed by atoms with van der Waals surface area (Å²) in [6, 6.07) is 8.38. The minimum Gasteiger partial charge on any atom is -0.449 e. The average Bonchev–Trinajstić information content (AvgIpc) is 2.27. The van der Waals surface area contributed by atoms with Gasteiger partial charge < -0.3 is 9.47 Å². The largest absolute Gasteiger partial charge is 0.449 e. The molecule has 0 aliphatic carbocycles. The van der Waals surface area contributed by atoms with Crippen LogP contribution in [-0.2, 0) is 0 Å². The number of fused-ring (bicyclic) bond motifs is 2. The maximum Gasteiger partial charge on any atom is 0.188 e. The molecule has 2 aromatic rings. The lowest BCUT2D eigenvalue weighted by Gasteiger charge is -2.21. The summed E-state index contributed by atoms with van der Waals surface area (Å²) in [7, 11) is 0. The predicted octanol–water partition coefficient (Wildman–Crippen LogP) is 5.54. The Kier molecular flexibility index (Phi) is 2.58.